The first-order valence-electron chi connectivity index (χ1n) is 11.6. The van der Waals surface area contributed by atoms with Crippen LogP contribution in [0.1, 0.15) is 33.1 Å². The average Bonchev–Trinajstić information content (AvgIpc) is 3.25. The molecule has 31 heavy (non-hydrogen) atoms. The third kappa shape index (κ3) is 4.39. The van der Waals surface area contributed by atoms with Crippen molar-refractivity contribution >= 4 is 23.6 Å². The fourth-order valence-corrected chi connectivity index (χ4v) is 7.38. The van der Waals surface area contributed by atoms with Crippen LogP contribution >= 0.6 is 11.8 Å². The highest BCUT2D eigenvalue weighted by molar-refractivity contribution is 8.03. The number of aliphatic hydroxyl groups excluding tert-OH is 1. The van der Waals surface area contributed by atoms with Crippen molar-refractivity contribution < 1.29 is 19.8 Å². The van der Waals surface area contributed by atoms with E-state index in [9.17, 15) is 19.8 Å². The van der Waals surface area contributed by atoms with E-state index in [0.717, 1.165) is 63.1 Å². The maximum atomic E-state index is 12.5. The van der Waals surface area contributed by atoms with Gasteiger partial charge < -0.3 is 30.6 Å². The Morgan fingerprint density at radius 1 is 1.23 bits per heavy atom. The summed E-state index contributed by atoms with van der Waals surface area (Å²) < 4.78 is 0. The Morgan fingerprint density at radius 2 is 1.90 bits per heavy atom. The van der Waals surface area contributed by atoms with Crippen LogP contribution < -0.4 is 5.73 Å². The van der Waals surface area contributed by atoms with E-state index in [-0.39, 0.29) is 23.6 Å². The van der Waals surface area contributed by atoms with E-state index < -0.39 is 18.0 Å². The van der Waals surface area contributed by atoms with Crippen LogP contribution in [-0.2, 0) is 9.59 Å². The van der Waals surface area contributed by atoms with E-state index in [0.29, 0.717) is 5.25 Å². The molecule has 0 aromatic carbocycles. The number of piperidine rings is 1. The molecule has 8 nitrogen and oxygen atoms in total. The number of nitrogens with zero attached hydrogens (tertiary/aromatic N) is 3. The van der Waals surface area contributed by atoms with Crippen molar-refractivity contribution in [3.63, 3.8) is 0 Å². The molecule has 4 aliphatic heterocycles. The molecule has 0 spiro atoms. The number of hydrogen-bond donors (Lipinski definition) is 3. The molecule has 0 saturated carbocycles. The van der Waals surface area contributed by atoms with Gasteiger partial charge in [0.2, 0.25) is 5.91 Å². The molecule has 0 aromatic rings. The number of nitrogens with two attached hydrogens (primary N) is 1. The van der Waals surface area contributed by atoms with E-state index in [1.54, 1.807) is 18.7 Å². The van der Waals surface area contributed by atoms with Crippen molar-refractivity contribution in [2.24, 2.45) is 23.5 Å². The average molecular weight is 453 g/mol. The third-order valence-electron chi connectivity index (χ3n) is 7.50. The Labute approximate surface area is 188 Å². The summed E-state index contributed by atoms with van der Waals surface area (Å²) in [5.41, 5.74) is 5.82. The molecule has 4 N–H and O–H groups in total. The number of amides is 1. The quantitative estimate of drug-likeness (QED) is 0.460. The Morgan fingerprint density at radius 3 is 2.52 bits per heavy atom. The second-order valence-corrected chi connectivity index (χ2v) is 11.0. The molecule has 5 atom stereocenters. The maximum Gasteiger partial charge on any atom is 0.353 e. The maximum absolute atomic E-state index is 12.5. The molecule has 0 unspecified atom stereocenters. The molecule has 0 bridgehead atoms. The van der Waals surface area contributed by atoms with E-state index in [1.807, 2.05) is 6.92 Å². The number of β-lactam (4-membered cyclic amide) rings is 1. The standard InChI is InChI=1S/C22H36N4O4S/c1-13-18-17(14(2)27)21(28)26(18)19(22(29)30)20(13)31-16-5-9-25(12-16)11-15-3-7-24(8-4-15)10-6-23/h13-18,27H,3-12,23H2,1-2H3,(H,29,30)/t13-,14-,16-,17-,18-/m1/s1. The minimum absolute atomic E-state index is 0.0469. The largest absolute Gasteiger partial charge is 0.477 e. The molecule has 3 saturated heterocycles. The highest BCUT2D eigenvalue weighted by Crippen LogP contribution is 2.51. The number of fused-ring (bicyclic) bond motifs is 1. The minimum Gasteiger partial charge on any atom is -0.477 e. The molecule has 0 aliphatic carbocycles. The smallest absolute Gasteiger partial charge is 0.353 e. The lowest BCUT2D eigenvalue weighted by molar-refractivity contribution is -0.163. The van der Waals surface area contributed by atoms with Gasteiger partial charge in [-0.1, -0.05) is 6.92 Å². The van der Waals surface area contributed by atoms with E-state index in [1.165, 1.54) is 17.7 Å². The van der Waals surface area contributed by atoms with Crippen LogP contribution in [0.15, 0.2) is 10.6 Å². The van der Waals surface area contributed by atoms with Gasteiger partial charge in [-0.2, -0.15) is 0 Å². The van der Waals surface area contributed by atoms with Gasteiger partial charge in [0.05, 0.1) is 18.1 Å². The van der Waals surface area contributed by atoms with E-state index >= 15 is 0 Å². The second kappa shape index (κ2) is 9.39. The van der Waals surface area contributed by atoms with Gasteiger partial charge in [0.15, 0.2) is 0 Å². The number of aliphatic carboxylic acids is 1. The van der Waals surface area contributed by atoms with Crippen molar-refractivity contribution in [3.05, 3.63) is 10.6 Å². The Hall–Kier alpha value is -1.13. The van der Waals surface area contributed by atoms with Crippen LogP contribution in [0.3, 0.4) is 0 Å². The van der Waals surface area contributed by atoms with Gasteiger partial charge in [-0.3, -0.25) is 4.79 Å². The summed E-state index contributed by atoms with van der Waals surface area (Å²) >= 11 is 1.65. The molecular weight excluding hydrogens is 416 g/mol. The Kier molecular flexibility index (Phi) is 6.98. The van der Waals surface area contributed by atoms with E-state index in [2.05, 4.69) is 9.80 Å². The molecule has 4 heterocycles. The number of carbonyl (C=O) groups is 2. The van der Waals surface area contributed by atoms with Crippen LogP contribution in [0.4, 0.5) is 0 Å². The summed E-state index contributed by atoms with van der Waals surface area (Å²) in [6.07, 6.45) is 2.73. The number of aliphatic hydroxyl groups is 1. The number of carboxylic acid groups (broad SMARTS) is 1. The van der Waals surface area contributed by atoms with Gasteiger partial charge in [-0.25, -0.2) is 4.79 Å². The Bertz CT molecular complexity index is 737. The first-order chi connectivity index (χ1) is 14.8. The molecular formula is C22H36N4O4S. The summed E-state index contributed by atoms with van der Waals surface area (Å²) in [7, 11) is 0. The van der Waals surface area contributed by atoms with Crippen LogP contribution in [0.5, 0.6) is 0 Å². The molecule has 4 rings (SSSR count). The van der Waals surface area contributed by atoms with Gasteiger partial charge in [0.1, 0.15) is 5.70 Å². The second-order valence-electron chi connectivity index (χ2n) is 9.63. The molecule has 4 aliphatic rings. The molecule has 3 fully saturated rings. The fraction of sp³-hybridized carbons (Fsp3) is 0.818. The topological polar surface area (TPSA) is 110 Å². The predicted octanol–water partition coefficient (Wildman–Crippen LogP) is 0.618. The highest BCUT2D eigenvalue weighted by atomic mass is 32.2. The first kappa shape index (κ1) is 23.0. The summed E-state index contributed by atoms with van der Waals surface area (Å²) in [5.74, 6) is -1.10. The Balaban J connectivity index is 1.34. The molecule has 174 valence electrons. The molecule has 0 radical (unpaired) electrons. The third-order valence-corrected chi connectivity index (χ3v) is 9.04. The minimum atomic E-state index is -1.03. The zero-order valence-electron chi connectivity index (χ0n) is 18.6. The molecule has 0 aromatic heterocycles. The number of hydrogen-bond acceptors (Lipinski definition) is 7. The monoisotopic (exact) mass is 452 g/mol. The van der Waals surface area contributed by atoms with Crippen molar-refractivity contribution in [2.75, 3.05) is 45.8 Å². The number of carboxylic acids is 1. The lowest BCUT2D eigenvalue weighted by atomic mass is 9.79. The van der Waals surface area contributed by atoms with E-state index in [4.69, 9.17) is 5.73 Å². The fourth-order valence-electron chi connectivity index (χ4n) is 5.86. The summed E-state index contributed by atoms with van der Waals surface area (Å²) in [6, 6.07) is -0.225. The van der Waals surface area contributed by atoms with Gasteiger partial charge in [-0.15, -0.1) is 11.8 Å². The van der Waals surface area contributed by atoms with Crippen molar-refractivity contribution in [1.82, 2.24) is 14.7 Å². The number of rotatable bonds is 8. The van der Waals surface area contributed by atoms with Gasteiger partial charge in [0, 0.05) is 42.3 Å². The zero-order chi connectivity index (χ0) is 22.3. The van der Waals surface area contributed by atoms with Crippen LogP contribution in [-0.4, -0.2) is 100.0 Å². The number of thioether (sulfide) groups is 1. The van der Waals surface area contributed by atoms with Gasteiger partial charge >= 0.3 is 5.97 Å². The van der Waals surface area contributed by atoms with Crippen LogP contribution in [0, 0.1) is 17.8 Å². The lowest BCUT2D eigenvalue weighted by Crippen LogP contribution is -2.63. The number of likely N-dealkylation sites (tertiary alicyclic amines) is 2. The van der Waals surface area contributed by atoms with Crippen molar-refractivity contribution in [2.45, 2.75) is 50.5 Å². The summed E-state index contributed by atoms with van der Waals surface area (Å²) in [5, 5.41) is 20.2. The van der Waals surface area contributed by atoms with Crippen LogP contribution in [0.25, 0.3) is 0 Å². The lowest BCUT2D eigenvalue weighted by Gasteiger charge is -2.46. The van der Waals surface area contributed by atoms with Crippen molar-refractivity contribution in [1.29, 1.82) is 0 Å². The predicted molar refractivity (Wildman–Crippen MR) is 120 cm³/mol. The molecule has 1 amide bonds. The normalized spacial score (nSPS) is 33.7. The SMILES string of the molecule is C[C@@H](O)[C@H]1C(=O)N2C(C(=O)O)=C(S[C@@H]3CCN(CC4CCN(CCN)CC4)C3)[C@H](C)[C@H]12. The zero-order valence-corrected chi connectivity index (χ0v) is 19.4. The molecule has 9 heteroatoms. The van der Waals surface area contributed by atoms with Gasteiger partial charge in [0.25, 0.3) is 0 Å². The highest BCUT2D eigenvalue weighted by Gasteiger charge is 2.60. The first-order valence-corrected chi connectivity index (χ1v) is 12.5. The number of carbonyl (C=O) groups excluding carboxylic acids is 1. The summed E-state index contributed by atoms with van der Waals surface area (Å²) in [4.78, 5) is 31.7. The van der Waals surface area contributed by atoms with Gasteiger partial charge in [-0.05, 0) is 51.7 Å². The van der Waals surface area contributed by atoms with Crippen LogP contribution in [0.2, 0.25) is 0 Å². The van der Waals surface area contributed by atoms with Crippen molar-refractivity contribution in [3.8, 4) is 0 Å². The summed E-state index contributed by atoms with van der Waals surface area (Å²) in [6.45, 7) is 10.7.